The van der Waals surface area contributed by atoms with E-state index in [1.54, 1.807) is 0 Å². The highest BCUT2D eigenvalue weighted by Crippen LogP contribution is 2.44. The Balaban J connectivity index is 1.68. The first kappa shape index (κ1) is 20.8. The Morgan fingerprint density at radius 3 is 2.07 bits per heavy atom. The minimum absolute atomic E-state index is 0.0183. The number of carboxylic acid groups (broad SMARTS) is 1. The number of alkyl halides is 2. The van der Waals surface area contributed by atoms with Crippen LogP contribution in [0.1, 0.15) is 37.3 Å². The Morgan fingerprint density at radius 1 is 1.07 bits per heavy atom. The molecule has 1 aliphatic rings. The number of carbonyl (C=O) groups excluding carboxylic acids is 1. The minimum atomic E-state index is -2.71. The predicted octanol–water partition coefficient (Wildman–Crippen LogP) is 4.66. The molecule has 0 bridgehead atoms. The van der Waals surface area contributed by atoms with E-state index in [4.69, 9.17) is 4.74 Å². The highest BCUT2D eigenvalue weighted by molar-refractivity contribution is 5.81. The molecule has 2 N–H and O–H groups in total. The van der Waals surface area contributed by atoms with Crippen LogP contribution in [0.3, 0.4) is 0 Å². The Kier molecular flexibility index (Phi) is 5.86. The fraction of sp³-hybridized carbons (Fsp3) is 0.364. The molecular weight excluding hydrogens is 380 g/mol. The summed E-state index contributed by atoms with van der Waals surface area (Å²) in [5.41, 5.74) is 2.63. The van der Waals surface area contributed by atoms with E-state index >= 15 is 0 Å². The molecule has 29 heavy (non-hydrogen) atoms. The van der Waals surface area contributed by atoms with Gasteiger partial charge in [0, 0.05) is 11.3 Å². The molecule has 1 atom stereocenters. The van der Waals surface area contributed by atoms with E-state index in [1.807, 2.05) is 48.5 Å². The second kappa shape index (κ2) is 8.19. The van der Waals surface area contributed by atoms with Crippen LogP contribution >= 0.6 is 0 Å². The van der Waals surface area contributed by atoms with Gasteiger partial charge in [0.2, 0.25) is 6.43 Å². The van der Waals surface area contributed by atoms with Gasteiger partial charge in [-0.15, -0.1) is 0 Å². The number of carbonyl (C=O) groups is 2. The summed E-state index contributed by atoms with van der Waals surface area (Å²) in [6.45, 7) is 2.53. The molecule has 0 saturated heterocycles. The number of benzene rings is 2. The highest BCUT2D eigenvalue weighted by Gasteiger charge is 2.36. The summed E-state index contributed by atoms with van der Waals surface area (Å²) < 4.78 is 31.4. The monoisotopic (exact) mass is 403 g/mol. The minimum Gasteiger partial charge on any atom is -0.480 e. The summed E-state index contributed by atoms with van der Waals surface area (Å²) in [4.78, 5) is 23.6. The van der Waals surface area contributed by atoms with Gasteiger partial charge in [-0.25, -0.2) is 18.4 Å². The number of alkyl carbamates (subject to hydrolysis) is 1. The van der Waals surface area contributed by atoms with Crippen LogP contribution in [0.5, 0.6) is 0 Å². The summed E-state index contributed by atoms with van der Waals surface area (Å²) >= 11 is 0. The number of rotatable bonds is 7. The highest BCUT2D eigenvalue weighted by atomic mass is 19.3. The first-order chi connectivity index (χ1) is 13.7. The first-order valence-electron chi connectivity index (χ1n) is 9.33. The van der Waals surface area contributed by atoms with E-state index in [0.29, 0.717) is 0 Å². The molecule has 0 aliphatic heterocycles. The number of carboxylic acids is 1. The lowest BCUT2D eigenvalue weighted by Gasteiger charge is -2.27. The predicted molar refractivity (Wildman–Crippen MR) is 104 cm³/mol. The third-order valence-corrected chi connectivity index (χ3v) is 5.25. The van der Waals surface area contributed by atoms with E-state index in [-0.39, 0.29) is 12.5 Å². The fourth-order valence-corrected chi connectivity index (χ4v) is 3.60. The summed E-state index contributed by atoms with van der Waals surface area (Å²) in [6, 6.07) is 14.2. The zero-order chi connectivity index (χ0) is 21.2. The SMILES string of the molecule is CC(C)(C[C@@H](NC(=O)OCC1c2ccccc2-c2ccccc21)C(=O)O)C(F)F. The summed E-state index contributed by atoms with van der Waals surface area (Å²) in [5, 5.41) is 11.5. The van der Waals surface area contributed by atoms with Crippen LogP contribution in [0.4, 0.5) is 13.6 Å². The lowest BCUT2D eigenvalue weighted by atomic mass is 9.86. The van der Waals surface area contributed by atoms with Crippen LogP contribution in [0, 0.1) is 5.41 Å². The second-order valence-corrected chi connectivity index (χ2v) is 7.85. The number of hydrogen-bond donors (Lipinski definition) is 2. The lowest BCUT2D eigenvalue weighted by molar-refractivity contribution is -0.141. The van der Waals surface area contributed by atoms with Crippen molar-refractivity contribution in [3.05, 3.63) is 59.7 Å². The molecule has 1 aliphatic carbocycles. The number of nitrogens with one attached hydrogen (secondary N) is 1. The molecule has 0 aromatic heterocycles. The van der Waals surface area contributed by atoms with Crippen LogP contribution in [-0.2, 0) is 9.53 Å². The number of fused-ring (bicyclic) bond motifs is 3. The smallest absolute Gasteiger partial charge is 0.407 e. The molecule has 0 spiro atoms. The van der Waals surface area contributed by atoms with Gasteiger partial charge in [-0.05, 0) is 28.7 Å². The van der Waals surface area contributed by atoms with Gasteiger partial charge in [0.05, 0.1) is 0 Å². The van der Waals surface area contributed by atoms with E-state index in [2.05, 4.69) is 5.32 Å². The van der Waals surface area contributed by atoms with Gasteiger partial charge < -0.3 is 15.2 Å². The fourth-order valence-electron chi connectivity index (χ4n) is 3.60. The van der Waals surface area contributed by atoms with E-state index in [1.165, 1.54) is 13.8 Å². The molecule has 2 aromatic rings. The number of hydrogen-bond acceptors (Lipinski definition) is 3. The first-order valence-corrected chi connectivity index (χ1v) is 9.33. The standard InChI is InChI=1S/C22H23F2NO4/c1-22(2,20(23)24)11-18(19(26)27)25-21(28)29-12-17-15-9-5-3-7-13(15)14-8-4-6-10-16(14)17/h3-10,17-18,20H,11-12H2,1-2H3,(H,25,28)(H,26,27)/t18-/m1/s1. The normalized spacial score (nSPS) is 14.2. The lowest BCUT2D eigenvalue weighted by Crippen LogP contribution is -2.45. The third kappa shape index (κ3) is 4.39. The number of ether oxygens (including phenoxy) is 1. The van der Waals surface area contributed by atoms with Crippen molar-refractivity contribution in [3.63, 3.8) is 0 Å². The van der Waals surface area contributed by atoms with Crippen molar-refractivity contribution in [1.82, 2.24) is 5.32 Å². The Hall–Kier alpha value is -2.96. The average Bonchev–Trinajstić information content (AvgIpc) is 2.99. The van der Waals surface area contributed by atoms with Crippen molar-refractivity contribution < 1.29 is 28.2 Å². The maximum atomic E-state index is 13.1. The zero-order valence-corrected chi connectivity index (χ0v) is 16.2. The van der Waals surface area contributed by atoms with Gasteiger partial charge in [-0.3, -0.25) is 0 Å². The van der Waals surface area contributed by atoms with Crippen molar-refractivity contribution in [1.29, 1.82) is 0 Å². The van der Waals surface area contributed by atoms with Gasteiger partial charge in [-0.1, -0.05) is 62.4 Å². The maximum Gasteiger partial charge on any atom is 0.407 e. The van der Waals surface area contributed by atoms with Crippen molar-refractivity contribution in [3.8, 4) is 11.1 Å². The van der Waals surface area contributed by atoms with Gasteiger partial charge in [0.25, 0.3) is 0 Å². The van der Waals surface area contributed by atoms with Crippen LogP contribution in [0.25, 0.3) is 11.1 Å². The van der Waals surface area contributed by atoms with E-state index in [0.717, 1.165) is 22.3 Å². The van der Waals surface area contributed by atoms with Crippen molar-refractivity contribution in [2.45, 2.75) is 38.7 Å². The van der Waals surface area contributed by atoms with Crippen LogP contribution in [-0.4, -0.2) is 36.2 Å². The maximum absolute atomic E-state index is 13.1. The topological polar surface area (TPSA) is 75.6 Å². The van der Waals surface area contributed by atoms with Crippen LogP contribution in [0.2, 0.25) is 0 Å². The molecule has 0 saturated carbocycles. The zero-order valence-electron chi connectivity index (χ0n) is 16.2. The van der Waals surface area contributed by atoms with Gasteiger partial charge in [0.1, 0.15) is 12.6 Å². The Labute approximate surface area is 167 Å². The summed E-state index contributed by atoms with van der Waals surface area (Å²) in [7, 11) is 0. The molecule has 3 rings (SSSR count). The van der Waals surface area contributed by atoms with E-state index < -0.39 is 36.4 Å². The van der Waals surface area contributed by atoms with E-state index in [9.17, 15) is 23.5 Å². The van der Waals surface area contributed by atoms with Gasteiger partial charge in [-0.2, -0.15) is 0 Å². The molecule has 7 heteroatoms. The van der Waals surface area contributed by atoms with Gasteiger partial charge in [0.15, 0.2) is 0 Å². The average molecular weight is 403 g/mol. The van der Waals surface area contributed by atoms with Crippen molar-refractivity contribution in [2.24, 2.45) is 5.41 Å². The Bertz CT molecular complexity index is 868. The number of halogens is 2. The summed E-state index contributed by atoms with van der Waals surface area (Å²) in [6.07, 6.45) is -4.07. The molecule has 1 amide bonds. The molecule has 2 aromatic carbocycles. The second-order valence-electron chi connectivity index (χ2n) is 7.85. The molecular formula is C22H23F2NO4. The molecule has 0 unspecified atom stereocenters. The largest absolute Gasteiger partial charge is 0.480 e. The van der Waals surface area contributed by atoms with Crippen molar-refractivity contribution in [2.75, 3.05) is 6.61 Å². The number of amides is 1. The molecule has 0 heterocycles. The summed E-state index contributed by atoms with van der Waals surface area (Å²) in [5.74, 6) is -1.55. The van der Waals surface area contributed by atoms with Gasteiger partial charge >= 0.3 is 12.1 Å². The number of aliphatic carboxylic acids is 1. The quantitative estimate of drug-likeness (QED) is 0.705. The third-order valence-electron chi connectivity index (χ3n) is 5.25. The molecule has 154 valence electrons. The van der Waals surface area contributed by atoms with Crippen LogP contribution in [0.15, 0.2) is 48.5 Å². The molecule has 5 nitrogen and oxygen atoms in total. The Morgan fingerprint density at radius 2 is 1.59 bits per heavy atom. The van der Waals surface area contributed by atoms with Crippen molar-refractivity contribution >= 4 is 12.1 Å². The molecule has 0 fully saturated rings. The molecule has 0 radical (unpaired) electrons. The van der Waals surface area contributed by atoms with Crippen LogP contribution < -0.4 is 5.32 Å².